The van der Waals surface area contributed by atoms with Gasteiger partial charge in [0.25, 0.3) is 0 Å². The Bertz CT molecular complexity index is 777. The molecule has 118 valence electrons. The number of aliphatic hydroxyl groups excluding tert-OH is 1. The van der Waals surface area contributed by atoms with E-state index in [-0.39, 0.29) is 5.82 Å². The Hall–Kier alpha value is -2.25. The van der Waals surface area contributed by atoms with Gasteiger partial charge in [0.2, 0.25) is 0 Å². The minimum atomic E-state index is -0.695. The highest BCUT2D eigenvalue weighted by molar-refractivity contribution is 7.99. The van der Waals surface area contributed by atoms with Crippen LogP contribution in [-0.4, -0.2) is 30.6 Å². The van der Waals surface area contributed by atoms with Crippen molar-refractivity contribution < 1.29 is 9.50 Å². The van der Waals surface area contributed by atoms with Gasteiger partial charge in [0.1, 0.15) is 5.82 Å². The number of aromatic nitrogens is 4. The molecule has 0 amide bonds. The summed E-state index contributed by atoms with van der Waals surface area (Å²) in [4.78, 5) is 4.07. The number of hydrogen-bond donors (Lipinski definition) is 1. The van der Waals surface area contributed by atoms with Gasteiger partial charge in [-0.3, -0.25) is 4.98 Å². The average Bonchev–Trinajstić information content (AvgIpc) is 2.95. The minimum absolute atomic E-state index is 0.317. The number of thioether (sulfide) groups is 1. The van der Waals surface area contributed by atoms with Crippen LogP contribution in [0.3, 0.4) is 0 Å². The normalized spacial score (nSPS) is 12.3. The van der Waals surface area contributed by atoms with E-state index < -0.39 is 6.10 Å². The number of benzene rings is 1. The van der Waals surface area contributed by atoms with E-state index in [4.69, 9.17) is 0 Å². The maximum Gasteiger partial charge on any atom is 0.191 e. The molecule has 1 aromatic carbocycles. The third kappa shape index (κ3) is 3.57. The lowest BCUT2D eigenvalue weighted by molar-refractivity contribution is 0.204. The third-order valence-corrected chi connectivity index (χ3v) is 4.48. The van der Waals surface area contributed by atoms with Crippen LogP contribution in [0.15, 0.2) is 53.9 Å². The summed E-state index contributed by atoms with van der Waals surface area (Å²) >= 11 is 1.39. The fraction of sp³-hybridized carbons (Fsp3) is 0.188. The summed E-state index contributed by atoms with van der Waals surface area (Å²) in [5.74, 6) is 0.810. The highest BCUT2D eigenvalue weighted by atomic mass is 32.2. The molecule has 0 bridgehead atoms. The van der Waals surface area contributed by atoms with Crippen molar-refractivity contribution >= 4 is 11.8 Å². The third-order valence-electron chi connectivity index (χ3n) is 3.38. The molecule has 0 spiro atoms. The fourth-order valence-electron chi connectivity index (χ4n) is 2.12. The Labute approximate surface area is 137 Å². The summed E-state index contributed by atoms with van der Waals surface area (Å²) in [5.41, 5.74) is 1.56. The number of pyridine rings is 1. The zero-order valence-corrected chi connectivity index (χ0v) is 13.2. The molecule has 0 fully saturated rings. The molecule has 1 atom stereocenters. The van der Waals surface area contributed by atoms with Crippen LogP contribution in [0.5, 0.6) is 0 Å². The molecule has 0 saturated carbocycles. The molecule has 2 aromatic heterocycles. The largest absolute Gasteiger partial charge is 0.388 e. The van der Waals surface area contributed by atoms with Crippen LogP contribution in [0.25, 0.3) is 11.4 Å². The van der Waals surface area contributed by atoms with Crippen LogP contribution >= 0.6 is 11.8 Å². The Morgan fingerprint density at radius 1 is 1.22 bits per heavy atom. The Balaban J connectivity index is 1.69. The highest BCUT2D eigenvalue weighted by Crippen LogP contribution is 2.26. The molecule has 3 rings (SSSR count). The van der Waals surface area contributed by atoms with Crippen molar-refractivity contribution in [3.63, 3.8) is 0 Å². The Morgan fingerprint density at radius 3 is 2.70 bits per heavy atom. The average molecular weight is 330 g/mol. The van der Waals surface area contributed by atoms with Crippen molar-refractivity contribution in [2.24, 2.45) is 7.05 Å². The molecule has 0 aliphatic heterocycles. The van der Waals surface area contributed by atoms with Crippen LogP contribution in [0, 0.1) is 5.82 Å². The second-order valence-corrected chi connectivity index (χ2v) is 5.97. The number of halogens is 1. The smallest absolute Gasteiger partial charge is 0.191 e. The van der Waals surface area contributed by atoms with Gasteiger partial charge in [0.15, 0.2) is 11.0 Å². The summed E-state index contributed by atoms with van der Waals surface area (Å²) in [7, 11) is 1.87. The second kappa shape index (κ2) is 6.89. The van der Waals surface area contributed by atoms with E-state index in [1.54, 1.807) is 24.5 Å². The standard InChI is InChI=1S/C16H15FN4OS/c1-21-15(12-3-2-8-18-9-12)19-20-16(21)23-10-14(22)11-4-6-13(17)7-5-11/h2-9,14,22H,10H2,1H3. The summed E-state index contributed by atoms with van der Waals surface area (Å²) in [6, 6.07) is 9.60. The predicted octanol–water partition coefficient (Wildman–Crippen LogP) is 2.84. The second-order valence-electron chi connectivity index (χ2n) is 4.99. The molecule has 0 aliphatic carbocycles. The van der Waals surface area contributed by atoms with E-state index in [1.807, 2.05) is 23.7 Å². The van der Waals surface area contributed by atoms with Crippen LogP contribution in [-0.2, 0) is 7.05 Å². The summed E-state index contributed by atoms with van der Waals surface area (Å²) < 4.78 is 14.8. The number of nitrogens with zero attached hydrogens (tertiary/aromatic N) is 4. The van der Waals surface area contributed by atoms with Crippen molar-refractivity contribution in [1.82, 2.24) is 19.7 Å². The molecule has 1 N–H and O–H groups in total. The highest BCUT2D eigenvalue weighted by Gasteiger charge is 2.14. The van der Waals surface area contributed by atoms with Crippen molar-refractivity contribution in [1.29, 1.82) is 0 Å². The summed E-state index contributed by atoms with van der Waals surface area (Å²) in [6.07, 6.45) is 2.74. The lowest BCUT2D eigenvalue weighted by Crippen LogP contribution is -2.02. The van der Waals surface area contributed by atoms with E-state index in [0.29, 0.717) is 16.5 Å². The molecule has 0 aliphatic rings. The molecule has 5 nitrogen and oxygen atoms in total. The van der Waals surface area contributed by atoms with Crippen molar-refractivity contribution in [3.05, 3.63) is 60.2 Å². The monoisotopic (exact) mass is 330 g/mol. The van der Waals surface area contributed by atoms with Crippen LogP contribution < -0.4 is 0 Å². The molecule has 23 heavy (non-hydrogen) atoms. The maximum absolute atomic E-state index is 12.9. The van der Waals surface area contributed by atoms with Gasteiger partial charge in [0.05, 0.1) is 6.10 Å². The summed E-state index contributed by atoms with van der Waals surface area (Å²) in [6.45, 7) is 0. The van der Waals surface area contributed by atoms with Gasteiger partial charge in [0, 0.05) is 30.8 Å². The molecule has 0 saturated heterocycles. The Morgan fingerprint density at radius 2 is 2.00 bits per heavy atom. The van der Waals surface area contributed by atoms with Crippen LogP contribution in [0.1, 0.15) is 11.7 Å². The van der Waals surface area contributed by atoms with Crippen molar-refractivity contribution in [3.8, 4) is 11.4 Å². The van der Waals surface area contributed by atoms with E-state index in [9.17, 15) is 9.50 Å². The topological polar surface area (TPSA) is 63.8 Å². The van der Waals surface area contributed by atoms with Gasteiger partial charge in [-0.1, -0.05) is 23.9 Å². The first-order valence-corrected chi connectivity index (χ1v) is 8.00. The zero-order valence-electron chi connectivity index (χ0n) is 12.4. The fourth-order valence-corrected chi connectivity index (χ4v) is 3.00. The van der Waals surface area contributed by atoms with Gasteiger partial charge in [-0.2, -0.15) is 0 Å². The van der Waals surface area contributed by atoms with Gasteiger partial charge in [-0.25, -0.2) is 4.39 Å². The van der Waals surface area contributed by atoms with Gasteiger partial charge >= 0.3 is 0 Å². The lowest BCUT2D eigenvalue weighted by Gasteiger charge is -2.10. The van der Waals surface area contributed by atoms with Crippen LogP contribution in [0.2, 0.25) is 0 Å². The van der Waals surface area contributed by atoms with E-state index in [1.165, 1.54) is 23.9 Å². The molecular formula is C16H15FN4OS. The summed E-state index contributed by atoms with van der Waals surface area (Å²) in [5, 5.41) is 19.2. The SMILES string of the molecule is Cn1c(SCC(O)c2ccc(F)cc2)nnc1-c1cccnc1. The van der Waals surface area contributed by atoms with Crippen molar-refractivity contribution in [2.75, 3.05) is 5.75 Å². The molecule has 3 aromatic rings. The molecule has 7 heteroatoms. The first kappa shape index (κ1) is 15.6. The lowest BCUT2D eigenvalue weighted by atomic mass is 10.1. The molecule has 2 heterocycles. The number of aliphatic hydroxyl groups is 1. The van der Waals surface area contributed by atoms with Gasteiger partial charge in [-0.05, 0) is 29.8 Å². The first-order valence-electron chi connectivity index (χ1n) is 7.01. The van der Waals surface area contributed by atoms with E-state index in [2.05, 4.69) is 15.2 Å². The molecular weight excluding hydrogens is 315 g/mol. The predicted molar refractivity (Wildman–Crippen MR) is 86.3 cm³/mol. The zero-order chi connectivity index (χ0) is 16.2. The quantitative estimate of drug-likeness (QED) is 0.729. The Kier molecular flexibility index (Phi) is 4.68. The minimum Gasteiger partial charge on any atom is -0.388 e. The maximum atomic E-state index is 12.9. The van der Waals surface area contributed by atoms with Gasteiger partial charge in [-0.15, -0.1) is 10.2 Å². The van der Waals surface area contributed by atoms with E-state index >= 15 is 0 Å². The number of rotatable bonds is 5. The van der Waals surface area contributed by atoms with E-state index in [0.717, 1.165) is 11.4 Å². The molecule has 1 unspecified atom stereocenters. The van der Waals surface area contributed by atoms with Gasteiger partial charge < -0.3 is 9.67 Å². The van der Waals surface area contributed by atoms with Crippen molar-refractivity contribution in [2.45, 2.75) is 11.3 Å². The first-order chi connectivity index (χ1) is 11.1. The number of hydrogen-bond acceptors (Lipinski definition) is 5. The molecule has 0 radical (unpaired) electrons. The van der Waals surface area contributed by atoms with Crippen LogP contribution in [0.4, 0.5) is 4.39 Å².